The summed E-state index contributed by atoms with van der Waals surface area (Å²) in [4.78, 5) is 41.4. The molecule has 0 spiro atoms. The van der Waals surface area contributed by atoms with E-state index in [0.29, 0.717) is 10.9 Å². The molecule has 9 heteroatoms. The third-order valence-corrected chi connectivity index (χ3v) is 5.50. The third kappa shape index (κ3) is 4.61. The number of nitrogens with zero attached hydrogens (tertiary/aromatic N) is 1. The second kappa shape index (κ2) is 9.07. The summed E-state index contributed by atoms with van der Waals surface area (Å²) >= 11 is 0. The second-order valence-corrected chi connectivity index (χ2v) is 8.38. The number of halogens is 2. The minimum Gasteiger partial charge on any atom is -0.350 e. The molecule has 30 heavy (non-hydrogen) atoms. The van der Waals surface area contributed by atoms with E-state index < -0.39 is 47.6 Å². The number of carbonyl (C=O) groups is 1. The van der Waals surface area contributed by atoms with Crippen molar-refractivity contribution in [3.05, 3.63) is 45.1 Å². The maximum absolute atomic E-state index is 14.3. The monoisotopic (exact) mass is 422 g/mol. The average Bonchev–Trinajstić information content (AvgIpc) is 2.66. The second-order valence-electron chi connectivity index (χ2n) is 8.38. The van der Waals surface area contributed by atoms with Crippen LogP contribution in [0, 0.1) is 5.92 Å². The van der Waals surface area contributed by atoms with Crippen LogP contribution >= 0.6 is 0 Å². The molecule has 0 aliphatic carbocycles. The smallest absolute Gasteiger partial charge is 0.329 e. The molecule has 1 amide bonds. The number of para-hydroxylation sites is 1. The van der Waals surface area contributed by atoms with Crippen molar-refractivity contribution in [2.75, 3.05) is 6.54 Å². The van der Waals surface area contributed by atoms with E-state index >= 15 is 0 Å². The first kappa shape index (κ1) is 22.1. The Bertz CT molecular complexity index is 1020. The molecule has 0 bridgehead atoms. The fourth-order valence-electron chi connectivity index (χ4n) is 4.00. The fraction of sp³-hybridized carbons (Fsp3) is 0.571. The Hall–Kier alpha value is -2.55. The van der Waals surface area contributed by atoms with Crippen LogP contribution in [0.1, 0.15) is 39.7 Å². The zero-order valence-electron chi connectivity index (χ0n) is 17.3. The number of alkyl halides is 2. The van der Waals surface area contributed by atoms with Gasteiger partial charge in [-0.05, 0) is 31.4 Å². The van der Waals surface area contributed by atoms with Crippen molar-refractivity contribution in [3.63, 3.8) is 0 Å². The van der Waals surface area contributed by atoms with Crippen molar-refractivity contribution < 1.29 is 13.6 Å². The predicted molar refractivity (Wildman–Crippen MR) is 111 cm³/mol. The largest absolute Gasteiger partial charge is 0.350 e. The van der Waals surface area contributed by atoms with Gasteiger partial charge in [0.2, 0.25) is 5.91 Å². The van der Waals surface area contributed by atoms with Crippen LogP contribution in [-0.2, 0) is 4.79 Å². The van der Waals surface area contributed by atoms with Gasteiger partial charge in [0.1, 0.15) is 18.4 Å². The van der Waals surface area contributed by atoms with E-state index in [1.807, 2.05) is 13.8 Å². The number of piperidine rings is 1. The van der Waals surface area contributed by atoms with Gasteiger partial charge in [0.25, 0.3) is 5.56 Å². The zero-order chi connectivity index (χ0) is 22.0. The lowest BCUT2D eigenvalue weighted by atomic mass is 9.95. The van der Waals surface area contributed by atoms with E-state index in [-0.39, 0.29) is 25.3 Å². The molecule has 2 heterocycles. The first-order valence-electron chi connectivity index (χ1n) is 10.2. The molecule has 7 nitrogen and oxygen atoms in total. The van der Waals surface area contributed by atoms with Crippen molar-refractivity contribution >= 4 is 16.8 Å². The minimum atomic E-state index is -1.45. The van der Waals surface area contributed by atoms with Gasteiger partial charge in [-0.1, -0.05) is 26.0 Å². The SMILES string of the molecule is CC(C)C[C@@H](C(=O)N[C@@H](C)C1NCC(F)CC1F)n1c(=O)[nH]c2ccccc2c1=O. The quantitative estimate of drug-likeness (QED) is 0.662. The Kier molecular flexibility index (Phi) is 6.70. The first-order valence-corrected chi connectivity index (χ1v) is 10.2. The van der Waals surface area contributed by atoms with Crippen LogP contribution in [0.5, 0.6) is 0 Å². The van der Waals surface area contributed by atoms with Gasteiger partial charge in [0.05, 0.1) is 16.9 Å². The molecular formula is C21H28F2N4O3. The standard InChI is InChI=1S/C21H28F2N4O3/c1-11(2)8-17(19(28)25-12(3)18-15(23)9-13(22)10-24-18)27-20(29)14-6-4-5-7-16(14)26-21(27)30/h4-7,11-13,15,17-18,24H,8-10H2,1-3H3,(H,25,28)(H,26,30)/t12-,13?,15?,17-,18?/m0/s1. The number of aromatic nitrogens is 2. The molecule has 3 unspecified atom stereocenters. The highest BCUT2D eigenvalue weighted by Gasteiger charge is 2.36. The van der Waals surface area contributed by atoms with Crippen LogP contribution in [0.2, 0.25) is 0 Å². The Morgan fingerprint density at radius 2 is 1.93 bits per heavy atom. The molecule has 164 valence electrons. The fourth-order valence-corrected chi connectivity index (χ4v) is 4.00. The van der Waals surface area contributed by atoms with Crippen molar-refractivity contribution in [2.24, 2.45) is 5.92 Å². The molecule has 1 saturated heterocycles. The van der Waals surface area contributed by atoms with Gasteiger partial charge in [-0.15, -0.1) is 0 Å². The van der Waals surface area contributed by atoms with Crippen LogP contribution < -0.4 is 21.9 Å². The van der Waals surface area contributed by atoms with E-state index in [1.54, 1.807) is 31.2 Å². The van der Waals surface area contributed by atoms with Crippen LogP contribution in [0.25, 0.3) is 10.9 Å². The van der Waals surface area contributed by atoms with Gasteiger partial charge < -0.3 is 15.6 Å². The van der Waals surface area contributed by atoms with E-state index in [1.165, 1.54) is 0 Å². The normalized spacial score (nSPS) is 24.0. The summed E-state index contributed by atoms with van der Waals surface area (Å²) in [7, 11) is 0. The average molecular weight is 422 g/mol. The first-order chi connectivity index (χ1) is 14.2. The highest BCUT2D eigenvalue weighted by molar-refractivity contribution is 5.82. The van der Waals surface area contributed by atoms with Crippen LogP contribution in [0.3, 0.4) is 0 Å². The Morgan fingerprint density at radius 3 is 2.60 bits per heavy atom. The molecular weight excluding hydrogens is 394 g/mol. The molecule has 3 rings (SSSR count). The van der Waals surface area contributed by atoms with Gasteiger partial charge in [-0.25, -0.2) is 18.1 Å². The number of aromatic amines is 1. The summed E-state index contributed by atoms with van der Waals surface area (Å²) in [6, 6.07) is 4.15. The highest BCUT2D eigenvalue weighted by Crippen LogP contribution is 2.20. The Morgan fingerprint density at radius 1 is 1.23 bits per heavy atom. The van der Waals surface area contributed by atoms with E-state index in [2.05, 4.69) is 15.6 Å². The number of rotatable bonds is 6. The van der Waals surface area contributed by atoms with Gasteiger partial charge >= 0.3 is 5.69 Å². The number of benzene rings is 1. The molecule has 5 atom stereocenters. The number of amides is 1. The van der Waals surface area contributed by atoms with Gasteiger partial charge in [0.15, 0.2) is 0 Å². The van der Waals surface area contributed by atoms with Gasteiger partial charge in [-0.3, -0.25) is 9.59 Å². The number of hydrogen-bond donors (Lipinski definition) is 3. The number of hydrogen-bond acceptors (Lipinski definition) is 4. The maximum Gasteiger partial charge on any atom is 0.329 e. The molecule has 1 fully saturated rings. The number of nitrogens with one attached hydrogen (secondary N) is 3. The van der Waals surface area contributed by atoms with Crippen molar-refractivity contribution in [1.29, 1.82) is 0 Å². The van der Waals surface area contributed by atoms with Gasteiger partial charge in [0, 0.05) is 19.0 Å². The molecule has 1 aliphatic rings. The summed E-state index contributed by atoms with van der Waals surface area (Å²) in [5.74, 6) is -0.529. The lowest BCUT2D eigenvalue weighted by Gasteiger charge is -2.34. The highest BCUT2D eigenvalue weighted by atomic mass is 19.1. The van der Waals surface area contributed by atoms with Crippen LogP contribution in [0.4, 0.5) is 8.78 Å². The molecule has 1 aliphatic heterocycles. The molecule has 0 saturated carbocycles. The number of H-pyrrole nitrogens is 1. The lowest BCUT2D eigenvalue weighted by Crippen LogP contribution is -2.59. The van der Waals surface area contributed by atoms with Crippen LogP contribution in [0.15, 0.2) is 33.9 Å². The lowest BCUT2D eigenvalue weighted by molar-refractivity contribution is -0.126. The van der Waals surface area contributed by atoms with E-state index in [9.17, 15) is 23.2 Å². The molecule has 3 N–H and O–H groups in total. The van der Waals surface area contributed by atoms with Crippen molar-refractivity contribution in [1.82, 2.24) is 20.2 Å². The summed E-state index contributed by atoms with van der Waals surface area (Å²) < 4.78 is 28.6. The number of carbonyl (C=O) groups excluding carboxylic acids is 1. The van der Waals surface area contributed by atoms with Gasteiger partial charge in [-0.2, -0.15) is 0 Å². The summed E-state index contributed by atoms with van der Waals surface area (Å²) in [5.41, 5.74) is -0.831. The molecule has 0 radical (unpaired) electrons. The van der Waals surface area contributed by atoms with Crippen molar-refractivity contribution in [2.45, 2.75) is 64.1 Å². The number of fused-ring (bicyclic) bond motifs is 1. The summed E-state index contributed by atoms with van der Waals surface area (Å²) in [6.07, 6.45) is -2.68. The predicted octanol–water partition coefficient (Wildman–Crippen LogP) is 1.82. The third-order valence-electron chi connectivity index (χ3n) is 5.50. The minimum absolute atomic E-state index is 0.0165. The maximum atomic E-state index is 14.3. The Labute approximate surface area is 172 Å². The van der Waals surface area contributed by atoms with E-state index in [0.717, 1.165) is 4.57 Å². The molecule has 2 aromatic rings. The van der Waals surface area contributed by atoms with E-state index in [4.69, 9.17) is 0 Å². The topological polar surface area (TPSA) is 96.0 Å². The molecule has 1 aromatic carbocycles. The van der Waals surface area contributed by atoms with Crippen molar-refractivity contribution in [3.8, 4) is 0 Å². The Balaban J connectivity index is 1.91. The van der Waals surface area contributed by atoms with Crippen LogP contribution in [-0.4, -0.2) is 46.4 Å². The summed E-state index contributed by atoms with van der Waals surface area (Å²) in [5, 5.41) is 5.82. The summed E-state index contributed by atoms with van der Waals surface area (Å²) in [6.45, 7) is 5.41. The molecule has 1 aromatic heterocycles. The zero-order valence-corrected chi connectivity index (χ0v) is 17.3.